The van der Waals surface area contributed by atoms with Gasteiger partial charge in [0.05, 0.1) is 13.2 Å². The zero-order valence-electron chi connectivity index (χ0n) is 12.3. The number of carbonyl (C=O) groups excluding carboxylic acids is 1. The second kappa shape index (κ2) is 5.67. The standard InChI is InChI=1S/C14H26N2O3/c1-13(2,3)19-12(17)16-7-4-5-14(10-16)9-15-6-8-18-11-14/h15H,4-11H2,1-3H3/t14-/m0/s1. The molecule has 2 fully saturated rings. The van der Waals surface area contributed by atoms with E-state index >= 15 is 0 Å². The summed E-state index contributed by atoms with van der Waals surface area (Å²) in [5.41, 5.74) is -0.369. The summed E-state index contributed by atoms with van der Waals surface area (Å²) in [6.07, 6.45) is 1.93. The van der Waals surface area contributed by atoms with Gasteiger partial charge in [-0.2, -0.15) is 0 Å². The van der Waals surface area contributed by atoms with Crippen molar-refractivity contribution in [1.29, 1.82) is 0 Å². The van der Waals surface area contributed by atoms with Crippen molar-refractivity contribution < 1.29 is 14.3 Å². The molecule has 0 aromatic carbocycles. The molecule has 1 atom stereocenters. The molecule has 0 radical (unpaired) electrons. The number of ether oxygens (including phenoxy) is 2. The van der Waals surface area contributed by atoms with Crippen molar-refractivity contribution in [3.05, 3.63) is 0 Å². The van der Waals surface area contributed by atoms with Crippen molar-refractivity contribution in [2.24, 2.45) is 5.41 Å². The van der Waals surface area contributed by atoms with Gasteiger partial charge in [-0.3, -0.25) is 0 Å². The van der Waals surface area contributed by atoms with Crippen LogP contribution < -0.4 is 5.32 Å². The first-order valence-corrected chi connectivity index (χ1v) is 7.17. The quantitative estimate of drug-likeness (QED) is 0.727. The summed E-state index contributed by atoms with van der Waals surface area (Å²) in [7, 11) is 0. The molecule has 0 bridgehead atoms. The van der Waals surface area contributed by atoms with E-state index in [-0.39, 0.29) is 11.5 Å². The lowest BCUT2D eigenvalue weighted by Crippen LogP contribution is -2.52. The highest BCUT2D eigenvalue weighted by Crippen LogP contribution is 2.31. The second-order valence-corrected chi connectivity index (χ2v) is 6.73. The Balaban J connectivity index is 1.98. The first kappa shape index (κ1) is 14.6. The number of hydrogen-bond acceptors (Lipinski definition) is 4. The molecule has 1 amide bonds. The van der Waals surface area contributed by atoms with Crippen LogP contribution in [0.2, 0.25) is 0 Å². The van der Waals surface area contributed by atoms with E-state index in [1.54, 1.807) is 0 Å². The molecule has 19 heavy (non-hydrogen) atoms. The average Bonchev–Trinajstić information content (AvgIpc) is 2.53. The summed E-state index contributed by atoms with van der Waals surface area (Å²) in [6.45, 7) is 10.5. The first-order chi connectivity index (χ1) is 8.90. The highest BCUT2D eigenvalue weighted by molar-refractivity contribution is 5.68. The van der Waals surface area contributed by atoms with E-state index in [2.05, 4.69) is 5.32 Å². The van der Waals surface area contributed by atoms with Gasteiger partial charge in [0.15, 0.2) is 0 Å². The Morgan fingerprint density at radius 2 is 2.21 bits per heavy atom. The molecule has 2 aliphatic heterocycles. The monoisotopic (exact) mass is 270 g/mol. The Hall–Kier alpha value is -0.810. The topological polar surface area (TPSA) is 50.8 Å². The summed E-state index contributed by atoms with van der Waals surface area (Å²) < 4.78 is 11.1. The first-order valence-electron chi connectivity index (χ1n) is 7.17. The fourth-order valence-corrected chi connectivity index (χ4v) is 2.79. The normalized spacial score (nSPS) is 29.1. The van der Waals surface area contributed by atoms with Gasteiger partial charge < -0.3 is 19.7 Å². The smallest absolute Gasteiger partial charge is 0.410 e. The minimum atomic E-state index is -0.431. The summed E-state index contributed by atoms with van der Waals surface area (Å²) in [6, 6.07) is 0. The molecule has 1 N–H and O–H groups in total. The number of nitrogens with one attached hydrogen (secondary N) is 1. The molecule has 110 valence electrons. The van der Waals surface area contributed by atoms with Gasteiger partial charge in [-0.25, -0.2) is 4.79 Å². The number of likely N-dealkylation sites (tertiary alicyclic amines) is 1. The Morgan fingerprint density at radius 1 is 1.42 bits per heavy atom. The maximum absolute atomic E-state index is 12.2. The van der Waals surface area contributed by atoms with Crippen molar-refractivity contribution in [1.82, 2.24) is 10.2 Å². The van der Waals surface area contributed by atoms with Gasteiger partial charge in [-0.05, 0) is 33.6 Å². The van der Waals surface area contributed by atoms with E-state index in [0.717, 1.165) is 52.2 Å². The van der Waals surface area contributed by atoms with E-state index < -0.39 is 5.60 Å². The Bertz CT molecular complexity index is 317. The lowest BCUT2D eigenvalue weighted by Gasteiger charge is -2.42. The number of carbonyl (C=O) groups is 1. The highest BCUT2D eigenvalue weighted by Gasteiger charge is 2.39. The minimum Gasteiger partial charge on any atom is -0.444 e. The zero-order valence-corrected chi connectivity index (χ0v) is 12.3. The SMILES string of the molecule is CC(C)(C)OC(=O)N1CCC[C@]2(CNCCOC2)C1. The molecular weight excluding hydrogens is 244 g/mol. The minimum absolute atomic E-state index is 0.0612. The van der Waals surface area contributed by atoms with Gasteiger partial charge in [-0.1, -0.05) is 0 Å². The number of hydrogen-bond donors (Lipinski definition) is 1. The average molecular weight is 270 g/mol. The lowest BCUT2D eigenvalue weighted by atomic mass is 9.80. The van der Waals surface area contributed by atoms with E-state index in [1.807, 2.05) is 25.7 Å². The van der Waals surface area contributed by atoms with E-state index in [4.69, 9.17) is 9.47 Å². The van der Waals surface area contributed by atoms with Crippen molar-refractivity contribution in [3.8, 4) is 0 Å². The molecule has 2 rings (SSSR count). The van der Waals surface area contributed by atoms with Crippen molar-refractivity contribution in [2.75, 3.05) is 39.4 Å². The number of nitrogens with zero attached hydrogens (tertiary/aromatic N) is 1. The van der Waals surface area contributed by atoms with Gasteiger partial charge in [0, 0.05) is 31.6 Å². The molecule has 5 nitrogen and oxygen atoms in total. The summed E-state index contributed by atoms with van der Waals surface area (Å²) in [5, 5.41) is 3.41. The van der Waals surface area contributed by atoms with Crippen molar-refractivity contribution in [3.63, 3.8) is 0 Å². The van der Waals surface area contributed by atoms with Gasteiger partial charge in [0.1, 0.15) is 5.60 Å². The van der Waals surface area contributed by atoms with Gasteiger partial charge in [-0.15, -0.1) is 0 Å². The van der Waals surface area contributed by atoms with Crippen molar-refractivity contribution >= 4 is 6.09 Å². The van der Waals surface area contributed by atoms with Crippen LogP contribution in [-0.4, -0.2) is 56.0 Å². The highest BCUT2D eigenvalue weighted by atomic mass is 16.6. The molecule has 0 aromatic rings. The summed E-state index contributed by atoms with van der Waals surface area (Å²) >= 11 is 0. The van der Waals surface area contributed by atoms with Crippen LogP contribution in [0.25, 0.3) is 0 Å². The summed E-state index contributed by atoms with van der Waals surface area (Å²) in [5.74, 6) is 0. The van der Waals surface area contributed by atoms with Crippen LogP contribution in [0.5, 0.6) is 0 Å². The van der Waals surface area contributed by atoms with Gasteiger partial charge >= 0.3 is 6.09 Å². The molecule has 0 saturated carbocycles. The Morgan fingerprint density at radius 3 is 2.95 bits per heavy atom. The van der Waals surface area contributed by atoms with Crippen LogP contribution in [0.15, 0.2) is 0 Å². The summed E-state index contributed by atoms with van der Waals surface area (Å²) in [4.78, 5) is 14.0. The van der Waals surface area contributed by atoms with Crippen LogP contribution in [0.4, 0.5) is 4.79 Å². The fraction of sp³-hybridized carbons (Fsp3) is 0.929. The van der Waals surface area contributed by atoms with Gasteiger partial charge in [0.25, 0.3) is 0 Å². The molecule has 0 aliphatic carbocycles. The van der Waals surface area contributed by atoms with Crippen LogP contribution in [-0.2, 0) is 9.47 Å². The van der Waals surface area contributed by atoms with Gasteiger partial charge in [0.2, 0.25) is 0 Å². The second-order valence-electron chi connectivity index (χ2n) is 6.73. The number of rotatable bonds is 0. The molecule has 1 spiro atoms. The van der Waals surface area contributed by atoms with Crippen LogP contribution >= 0.6 is 0 Å². The maximum atomic E-state index is 12.2. The van der Waals surface area contributed by atoms with Crippen LogP contribution in [0.1, 0.15) is 33.6 Å². The van der Waals surface area contributed by atoms with E-state index in [0.29, 0.717) is 0 Å². The third kappa shape index (κ3) is 4.08. The molecule has 2 heterocycles. The van der Waals surface area contributed by atoms with Crippen LogP contribution in [0.3, 0.4) is 0 Å². The predicted molar refractivity (Wildman–Crippen MR) is 73.2 cm³/mol. The molecule has 0 aromatic heterocycles. The van der Waals surface area contributed by atoms with Crippen molar-refractivity contribution in [2.45, 2.75) is 39.2 Å². The zero-order chi connectivity index (χ0) is 13.9. The Kier molecular flexibility index (Phi) is 4.36. The molecule has 5 heteroatoms. The molecule has 2 saturated heterocycles. The maximum Gasteiger partial charge on any atom is 0.410 e. The molecule has 0 unspecified atom stereocenters. The number of amides is 1. The van der Waals surface area contributed by atoms with Crippen LogP contribution in [0, 0.1) is 5.41 Å². The lowest BCUT2D eigenvalue weighted by molar-refractivity contribution is -0.0145. The third-order valence-corrected chi connectivity index (χ3v) is 3.64. The fourth-order valence-electron chi connectivity index (χ4n) is 2.79. The van der Waals surface area contributed by atoms with E-state index in [1.165, 1.54) is 0 Å². The third-order valence-electron chi connectivity index (χ3n) is 3.64. The molecule has 2 aliphatic rings. The number of piperidine rings is 1. The van der Waals surface area contributed by atoms with E-state index in [9.17, 15) is 4.79 Å². The Labute approximate surface area is 115 Å². The largest absolute Gasteiger partial charge is 0.444 e. The predicted octanol–water partition coefficient (Wildman–Crippen LogP) is 1.62. The molecular formula is C14H26N2O3.